The second-order valence-electron chi connectivity index (χ2n) is 3.32. The fraction of sp³-hybridized carbons (Fsp3) is 0.714. The highest BCUT2D eigenvalue weighted by molar-refractivity contribution is 9.08. The predicted molar refractivity (Wildman–Crippen MR) is 43.5 cm³/mol. The van der Waals surface area contributed by atoms with Crippen molar-refractivity contribution in [3.8, 4) is 0 Å². The summed E-state index contributed by atoms with van der Waals surface area (Å²) < 4.78 is 2.26. The van der Waals surface area contributed by atoms with Crippen LogP contribution in [0.15, 0.2) is 0 Å². The predicted octanol–water partition coefficient (Wildman–Crippen LogP) is 1.29. The zero-order valence-corrected chi connectivity index (χ0v) is 7.58. The summed E-state index contributed by atoms with van der Waals surface area (Å²) in [6.45, 7) is 1.16. The van der Waals surface area contributed by atoms with E-state index in [0.29, 0.717) is 0 Å². The van der Waals surface area contributed by atoms with E-state index in [1.807, 2.05) is 0 Å². The highest BCUT2D eigenvalue weighted by atomic mass is 79.9. The van der Waals surface area contributed by atoms with E-state index >= 15 is 0 Å². The molecular weight excluding hydrogens is 206 g/mol. The molecule has 2 atom stereocenters. The maximum Gasteiger partial charge on any atom is 0.143 e. The Morgan fingerprint density at radius 3 is 3.27 bits per heavy atom. The van der Waals surface area contributed by atoms with E-state index in [1.54, 1.807) is 0 Å². The van der Waals surface area contributed by atoms with Gasteiger partial charge in [-0.05, 0) is 12.3 Å². The molecule has 58 valence electrons. The van der Waals surface area contributed by atoms with Crippen molar-refractivity contribution in [1.82, 2.24) is 14.8 Å². The highest BCUT2D eigenvalue weighted by Crippen LogP contribution is 2.52. The summed E-state index contributed by atoms with van der Waals surface area (Å²) >= 11 is 3.40. The van der Waals surface area contributed by atoms with Gasteiger partial charge in [0, 0.05) is 12.5 Å². The third-order valence-corrected chi connectivity index (χ3v) is 3.15. The first kappa shape index (κ1) is 6.17. The van der Waals surface area contributed by atoms with Gasteiger partial charge in [-0.1, -0.05) is 15.9 Å². The van der Waals surface area contributed by atoms with E-state index < -0.39 is 0 Å². The minimum absolute atomic E-state index is 0.760. The largest absolute Gasteiger partial charge is 0.314 e. The Bertz CT molecular complexity index is 307. The van der Waals surface area contributed by atoms with E-state index in [1.165, 1.54) is 12.2 Å². The fourth-order valence-electron chi connectivity index (χ4n) is 1.92. The number of fused-ring (bicyclic) bond motifs is 3. The Kier molecular flexibility index (Phi) is 1.04. The van der Waals surface area contributed by atoms with Gasteiger partial charge < -0.3 is 4.57 Å². The lowest BCUT2D eigenvalue weighted by atomic mass is 10.4. The Morgan fingerprint density at radius 2 is 2.45 bits per heavy atom. The van der Waals surface area contributed by atoms with Crippen LogP contribution in [0.4, 0.5) is 0 Å². The van der Waals surface area contributed by atoms with Crippen molar-refractivity contribution in [2.45, 2.75) is 24.2 Å². The molecule has 11 heavy (non-hydrogen) atoms. The molecule has 1 saturated carbocycles. The van der Waals surface area contributed by atoms with Gasteiger partial charge in [0.1, 0.15) is 11.6 Å². The van der Waals surface area contributed by atoms with Crippen LogP contribution in [0.2, 0.25) is 0 Å². The summed E-state index contributed by atoms with van der Waals surface area (Å²) in [5, 5.41) is 9.11. The molecule has 2 heterocycles. The van der Waals surface area contributed by atoms with Crippen molar-refractivity contribution in [2.75, 3.05) is 0 Å². The van der Waals surface area contributed by atoms with Crippen LogP contribution < -0.4 is 0 Å². The van der Waals surface area contributed by atoms with Crippen LogP contribution in [0.25, 0.3) is 0 Å². The topological polar surface area (TPSA) is 30.7 Å². The average Bonchev–Trinajstić information content (AvgIpc) is 2.55. The summed E-state index contributed by atoms with van der Waals surface area (Å²) in [4.78, 5) is 0. The minimum atomic E-state index is 0.760. The number of hydrogen-bond acceptors (Lipinski definition) is 2. The Hall–Kier alpha value is -0.380. The van der Waals surface area contributed by atoms with Gasteiger partial charge in [-0.2, -0.15) is 0 Å². The molecule has 0 N–H and O–H groups in total. The smallest absolute Gasteiger partial charge is 0.143 e. The van der Waals surface area contributed by atoms with Crippen molar-refractivity contribution >= 4 is 15.9 Å². The van der Waals surface area contributed by atoms with E-state index in [-0.39, 0.29) is 0 Å². The van der Waals surface area contributed by atoms with Crippen molar-refractivity contribution in [3.63, 3.8) is 0 Å². The number of hydrogen-bond donors (Lipinski definition) is 0. The molecule has 3 nitrogen and oxygen atoms in total. The first-order chi connectivity index (χ1) is 5.40. The SMILES string of the molecule is BrCc1nnc2n1C[C@H]1C[C@@H]21. The molecule has 1 fully saturated rings. The Labute approximate surface area is 72.9 Å². The maximum atomic E-state index is 4.17. The van der Waals surface area contributed by atoms with Crippen LogP contribution in [0, 0.1) is 5.92 Å². The molecule has 1 aromatic rings. The van der Waals surface area contributed by atoms with E-state index in [9.17, 15) is 0 Å². The number of halogens is 1. The second kappa shape index (κ2) is 1.86. The maximum absolute atomic E-state index is 4.17. The van der Waals surface area contributed by atoms with Crippen molar-refractivity contribution in [3.05, 3.63) is 11.6 Å². The molecule has 0 aromatic carbocycles. The highest BCUT2D eigenvalue weighted by Gasteiger charge is 2.48. The monoisotopic (exact) mass is 213 g/mol. The molecule has 1 aromatic heterocycles. The average molecular weight is 214 g/mol. The summed E-state index contributed by atoms with van der Waals surface area (Å²) in [5.74, 6) is 3.98. The Balaban J connectivity index is 2.12. The third kappa shape index (κ3) is 0.682. The molecule has 0 amide bonds. The lowest BCUT2D eigenvalue weighted by molar-refractivity contribution is 0.646. The van der Waals surface area contributed by atoms with Crippen LogP contribution in [0.1, 0.15) is 24.0 Å². The van der Waals surface area contributed by atoms with E-state index in [2.05, 4.69) is 30.7 Å². The van der Waals surface area contributed by atoms with Gasteiger partial charge in [0.2, 0.25) is 0 Å². The number of rotatable bonds is 1. The van der Waals surface area contributed by atoms with Gasteiger partial charge in [-0.25, -0.2) is 0 Å². The molecule has 3 rings (SSSR count). The number of alkyl halides is 1. The molecule has 4 heteroatoms. The first-order valence-corrected chi connectivity index (χ1v) is 5.00. The van der Waals surface area contributed by atoms with Gasteiger partial charge in [-0.15, -0.1) is 10.2 Å². The summed E-state index contributed by atoms with van der Waals surface area (Å²) in [6.07, 6.45) is 1.35. The van der Waals surface area contributed by atoms with Gasteiger partial charge in [0.05, 0.1) is 5.33 Å². The molecule has 1 aliphatic heterocycles. The second-order valence-corrected chi connectivity index (χ2v) is 3.88. The van der Waals surface area contributed by atoms with Crippen LogP contribution in [-0.4, -0.2) is 14.8 Å². The minimum Gasteiger partial charge on any atom is -0.314 e. The van der Waals surface area contributed by atoms with Crippen LogP contribution in [0.3, 0.4) is 0 Å². The molecule has 0 bridgehead atoms. The quantitative estimate of drug-likeness (QED) is 0.659. The Morgan fingerprint density at radius 1 is 1.55 bits per heavy atom. The number of nitrogens with zero attached hydrogens (tertiary/aromatic N) is 3. The fourth-order valence-corrected chi connectivity index (χ4v) is 2.34. The lowest BCUT2D eigenvalue weighted by Gasteiger charge is -2.00. The normalized spacial score (nSPS) is 31.7. The lowest BCUT2D eigenvalue weighted by Crippen LogP contribution is -2.01. The van der Waals surface area contributed by atoms with Crippen molar-refractivity contribution < 1.29 is 0 Å². The molecule has 0 spiro atoms. The molecule has 0 radical (unpaired) electrons. The molecule has 1 aliphatic carbocycles. The first-order valence-electron chi connectivity index (χ1n) is 3.88. The van der Waals surface area contributed by atoms with Gasteiger partial charge in [-0.3, -0.25) is 0 Å². The molecular formula is C7H8BrN3. The van der Waals surface area contributed by atoms with Crippen molar-refractivity contribution in [1.29, 1.82) is 0 Å². The van der Waals surface area contributed by atoms with Crippen LogP contribution in [0.5, 0.6) is 0 Å². The van der Waals surface area contributed by atoms with Crippen LogP contribution >= 0.6 is 15.9 Å². The van der Waals surface area contributed by atoms with Crippen molar-refractivity contribution in [2.24, 2.45) is 5.92 Å². The zero-order valence-electron chi connectivity index (χ0n) is 6.00. The van der Waals surface area contributed by atoms with Gasteiger partial charge in [0.15, 0.2) is 0 Å². The number of aromatic nitrogens is 3. The zero-order chi connectivity index (χ0) is 7.42. The summed E-state index contributed by atoms with van der Waals surface area (Å²) in [5.41, 5.74) is 0. The summed E-state index contributed by atoms with van der Waals surface area (Å²) in [7, 11) is 0. The summed E-state index contributed by atoms with van der Waals surface area (Å²) in [6, 6.07) is 0. The molecule has 0 saturated heterocycles. The van der Waals surface area contributed by atoms with Gasteiger partial charge in [0.25, 0.3) is 0 Å². The third-order valence-electron chi connectivity index (χ3n) is 2.65. The van der Waals surface area contributed by atoms with E-state index in [0.717, 1.165) is 29.5 Å². The van der Waals surface area contributed by atoms with E-state index in [4.69, 9.17) is 0 Å². The standard InChI is InChI=1S/C7H8BrN3/c8-2-6-9-10-7-5-1-4(5)3-11(6)7/h4-5H,1-3H2/t4-,5-/m1/s1. The molecule has 0 unspecified atom stereocenters. The van der Waals surface area contributed by atoms with Gasteiger partial charge >= 0.3 is 0 Å². The molecule has 2 aliphatic rings. The van der Waals surface area contributed by atoms with Crippen LogP contribution in [-0.2, 0) is 11.9 Å².